The molecule has 4 nitrogen and oxygen atoms in total. The summed E-state index contributed by atoms with van der Waals surface area (Å²) in [4.78, 5) is 14.6. The molecular formula is C14H26N2O2. The zero-order valence-electron chi connectivity index (χ0n) is 12.0. The van der Waals surface area contributed by atoms with Crippen LogP contribution < -0.4 is 5.32 Å². The van der Waals surface area contributed by atoms with E-state index in [2.05, 4.69) is 37.9 Å². The summed E-state index contributed by atoms with van der Waals surface area (Å²) in [5.41, 5.74) is 0. The number of amides is 1. The number of ether oxygens (including phenoxy) is 1. The van der Waals surface area contributed by atoms with Crippen LogP contribution in [0.4, 0.5) is 0 Å². The van der Waals surface area contributed by atoms with E-state index in [1.165, 1.54) is 0 Å². The van der Waals surface area contributed by atoms with Crippen molar-refractivity contribution in [3.05, 3.63) is 0 Å². The molecule has 4 unspecified atom stereocenters. The van der Waals surface area contributed by atoms with Crippen molar-refractivity contribution in [2.24, 2.45) is 5.92 Å². The van der Waals surface area contributed by atoms with Gasteiger partial charge in [-0.1, -0.05) is 27.2 Å². The molecule has 2 heterocycles. The molecule has 4 heteroatoms. The number of nitrogens with one attached hydrogen (secondary N) is 1. The van der Waals surface area contributed by atoms with Gasteiger partial charge in [-0.2, -0.15) is 0 Å². The molecule has 0 radical (unpaired) electrons. The fraction of sp³-hybridized carbons (Fsp3) is 0.929. The molecule has 18 heavy (non-hydrogen) atoms. The lowest BCUT2D eigenvalue weighted by Crippen LogP contribution is -2.47. The standard InChI is InChI=1S/C14H26N2O2/c1-5-6-12-15-13(9(2)3)14(17)16(12)11-7-8-18-10(11)4/h9-13,15H,5-8H2,1-4H3. The van der Waals surface area contributed by atoms with Crippen LogP contribution in [0.15, 0.2) is 0 Å². The Kier molecular flexibility index (Phi) is 4.28. The van der Waals surface area contributed by atoms with Gasteiger partial charge in [-0.3, -0.25) is 10.1 Å². The Hall–Kier alpha value is -0.610. The fourth-order valence-corrected chi connectivity index (χ4v) is 3.13. The van der Waals surface area contributed by atoms with E-state index < -0.39 is 0 Å². The summed E-state index contributed by atoms with van der Waals surface area (Å²) < 4.78 is 5.63. The summed E-state index contributed by atoms with van der Waals surface area (Å²) in [6, 6.07) is 0.236. The topological polar surface area (TPSA) is 41.6 Å². The van der Waals surface area contributed by atoms with Crippen LogP contribution in [0.5, 0.6) is 0 Å². The van der Waals surface area contributed by atoms with Gasteiger partial charge in [0.05, 0.1) is 24.4 Å². The van der Waals surface area contributed by atoms with Crippen molar-refractivity contribution < 1.29 is 9.53 Å². The van der Waals surface area contributed by atoms with Gasteiger partial charge in [-0.15, -0.1) is 0 Å². The van der Waals surface area contributed by atoms with E-state index in [1.807, 2.05) is 0 Å². The van der Waals surface area contributed by atoms with Crippen molar-refractivity contribution >= 4 is 5.91 Å². The average molecular weight is 254 g/mol. The molecule has 2 aliphatic heterocycles. The summed E-state index contributed by atoms with van der Waals surface area (Å²) in [7, 11) is 0. The number of carbonyl (C=O) groups excluding carboxylic acids is 1. The largest absolute Gasteiger partial charge is 0.376 e. The molecule has 2 rings (SSSR count). The molecule has 0 spiro atoms. The highest BCUT2D eigenvalue weighted by Crippen LogP contribution is 2.28. The molecule has 2 fully saturated rings. The maximum absolute atomic E-state index is 12.6. The lowest BCUT2D eigenvalue weighted by molar-refractivity contribution is -0.134. The first-order chi connectivity index (χ1) is 8.56. The lowest BCUT2D eigenvalue weighted by Gasteiger charge is -2.31. The van der Waals surface area contributed by atoms with E-state index in [4.69, 9.17) is 4.74 Å². The smallest absolute Gasteiger partial charge is 0.241 e. The van der Waals surface area contributed by atoms with Gasteiger partial charge in [0.1, 0.15) is 0 Å². The molecule has 2 saturated heterocycles. The number of carbonyl (C=O) groups is 1. The monoisotopic (exact) mass is 254 g/mol. The van der Waals surface area contributed by atoms with Gasteiger partial charge >= 0.3 is 0 Å². The molecule has 104 valence electrons. The van der Waals surface area contributed by atoms with Gasteiger partial charge in [-0.05, 0) is 25.7 Å². The first-order valence-corrected chi connectivity index (χ1v) is 7.26. The summed E-state index contributed by atoms with van der Waals surface area (Å²) in [5, 5.41) is 3.51. The highest BCUT2D eigenvalue weighted by Gasteiger charge is 2.45. The normalized spacial score (nSPS) is 36.9. The second-order valence-corrected chi connectivity index (χ2v) is 5.87. The molecule has 0 aliphatic carbocycles. The minimum absolute atomic E-state index is 0.0191. The second-order valence-electron chi connectivity index (χ2n) is 5.87. The highest BCUT2D eigenvalue weighted by molar-refractivity contribution is 5.85. The third-order valence-corrected chi connectivity index (χ3v) is 4.15. The highest BCUT2D eigenvalue weighted by atomic mass is 16.5. The third-order valence-electron chi connectivity index (χ3n) is 4.15. The number of nitrogens with zero attached hydrogens (tertiary/aromatic N) is 1. The second kappa shape index (κ2) is 5.57. The Morgan fingerprint density at radius 2 is 2.22 bits per heavy atom. The molecule has 0 aromatic rings. The van der Waals surface area contributed by atoms with Crippen molar-refractivity contribution in [1.82, 2.24) is 10.2 Å². The molecule has 4 atom stereocenters. The fourth-order valence-electron chi connectivity index (χ4n) is 3.13. The van der Waals surface area contributed by atoms with Crippen LogP contribution in [0.25, 0.3) is 0 Å². The van der Waals surface area contributed by atoms with Crippen LogP contribution in [0, 0.1) is 5.92 Å². The zero-order valence-corrected chi connectivity index (χ0v) is 12.0. The minimum atomic E-state index is -0.0191. The number of hydrogen-bond donors (Lipinski definition) is 1. The Morgan fingerprint density at radius 3 is 2.72 bits per heavy atom. The summed E-state index contributed by atoms with van der Waals surface area (Å²) in [6.45, 7) is 9.24. The van der Waals surface area contributed by atoms with Gasteiger partial charge in [-0.25, -0.2) is 0 Å². The van der Waals surface area contributed by atoms with E-state index in [0.29, 0.717) is 5.92 Å². The summed E-state index contributed by atoms with van der Waals surface area (Å²) >= 11 is 0. The van der Waals surface area contributed by atoms with Crippen molar-refractivity contribution in [3.8, 4) is 0 Å². The van der Waals surface area contributed by atoms with Gasteiger partial charge in [0, 0.05) is 6.61 Å². The van der Waals surface area contributed by atoms with E-state index in [1.54, 1.807) is 0 Å². The first kappa shape index (κ1) is 13.8. The summed E-state index contributed by atoms with van der Waals surface area (Å²) in [5.74, 6) is 0.616. The van der Waals surface area contributed by atoms with E-state index in [-0.39, 0.29) is 30.3 Å². The van der Waals surface area contributed by atoms with Crippen molar-refractivity contribution in [2.45, 2.75) is 71.3 Å². The van der Waals surface area contributed by atoms with E-state index in [9.17, 15) is 4.79 Å². The molecule has 2 aliphatic rings. The maximum atomic E-state index is 12.6. The summed E-state index contributed by atoms with van der Waals surface area (Å²) in [6.07, 6.45) is 3.46. The van der Waals surface area contributed by atoms with Gasteiger partial charge in [0.25, 0.3) is 0 Å². The van der Waals surface area contributed by atoms with Crippen LogP contribution in [-0.4, -0.2) is 41.8 Å². The molecule has 0 saturated carbocycles. The average Bonchev–Trinajstić information content (AvgIpc) is 2.84. The Labute approximate surface area is 110 Å². The maximum Gasteiger partial charge on any atom is 0.241 e. The quantitative estimate of drug-likeness (QED) is 0.831. The molecule has 0 aromatic carbocycles. The Morgan fingerprint density at radius 1 is 1.50 bits per heavy atom. The Bertz CT molecular complexity index is 306. The minimum Gasteiger partial charge on any atom is -0.376 e. The predicted octanol–water partition coefficient (Wildman–Crippen LogP) is 1.75. The molecule has 1 amide bonds. The van der Waals surface area contributed by atoms with Gasteiger partial charge in [0.2, 0.25) is 5.91 Å². The predicted molar refractivity (Wildman–Crippen MR) is 71.1 cm³/mol. The number of hydrogen-bond acceptors (Lipinski definition) is 3. The third kappa shape index (κ3) is 2.41. The molecule has 1 N–H and O–H groups in total. The van der Waals surface area contributed by atoms with E-state index in [0.717, 1.165) is 25.9 Å². The molecular weight excluding hydrogens is 228 g/mol. The zero-order chi connectivity index (χ0) is 13.3. The van der Waals surface area contributed by atoms with E-state index >= 15 is 0 Å². The number of rotatable bonds is 4. The van der Waals surface area contributed by atoms with Gasteiger partial charge < -0.3 is 9.64 Å². The van der Waals surface area contributed by atoms with Crippen molar-refractivity contribution in [1.29, 1.82) is 0 Å². The van der Waals surface area contributed by atoms with Gasteiger partial charge in [0.15, 0.2) is 0 Å². The molecule has 0 aromatic heterocycles. The lowest BCUT2D eigenvalue weighted by atomic mass is 10.0. The van der Waals surface area contributed by atoms with Crippen LogP contribution in [-0.2, 0) is 9.53 Å². The molecule has 0 bridgehead atoms. The van der Waals surface area contributed by atoms with Crippen LogP contribution in [0.2, 0.25) is 0 Å². The SMILES string of the molecule is CCCC1NC(C(C)C)C(=O)N1C1CCOC1C. The van der Waals surface area contributed by atoms with Crippen LogP contribution in [0.1, 0.15) is 47.0 Å². The Balaban J connectivity index is 2.16. The van der Waals surface area contributed by atoms with Crippen molar-refractivity contribution in [3.63, 3.8) is 0 Å². The van der Waals surface area contributed by atoms with Crippen LogP contribution >= 0.6 is 0 Å². The first-order valence-electron chi connectivity index (χ1n) is 7.26. The van der Waals surface area contributed by atoms with Crippen molar-refractivity contribution in [2.75, 3.05) is 6.61 Å². The van der Waals surface area contributed by atoms with Crippen LogP contribution in [0.3, 0.4) is 0 Å².